The zero-order valence-electron chi connectivity index (χ0n) is 12.2. The fourth-order valence-corrected chi connectivity index (χ4v) is 2.34. The molecule has 1 unspecified atom stereocenters. The molecule has 1 atom stereocenters. The SMILES string of the molecule is CCc1c(C)nn(C(C)CCNC(C)C)c1C. The first-order valence-electron chi connectivity index (χ1n) is 6.75. The van der Waals surface area contributed by atoms with E-state index in [2.05, 4.69) is 56.6 Å². The van der Waals surface area contributed by atoms with E-state index in [1.54, 1.807) is 0 Å². The maximum atomic E-state index is 4.67. The van der Waals surface area contributed by atoms with Gasteiger partial charge < -0.3 is 5.32 Å². The van der Waals surface area contributed by atoms with Gasteiger partial charge in [0.05, 0.1) is 11.7 Å². The molecule has 3 heteroatoms. The standard InChI is InChI=1S/C14H27N3/c1-7-14-12(5)16-17(13(14)6)11(4)8-9-15-10(2)3/h10-11,15H,7-9H2,1-6H3. The van der Waals surface area contributed by atoms with Gasteiger partial charge in [-0.3, -0.25) is 4.68 Å². The van der Waals surface area contributed by atoms with Crippen molar-refractivity contribution in [1.82, 2.24) is 15.1 Å². The molecule has 1 aromatic rings. The fraction of sp³-hybridized carbons (Fsp3) is 0.786. The average Bonchev–Trinajstić information content (AvgIpc) is 2.53. The monoisotopic (exact) mass is 237 g/mol. The summed E-state index contributed by atoms with van der Waals surface area (Å²) in [5.74, 6) is 0. The molecule has 98 valence electrons. The Hall–Kier alpha value is -0.830. The molecule has 0 radical (unpaired) electrons. The van der Waals surface area contributed by atoms with Crippen LogP contribution < -0.4 is 5.32 Å². The smallest absolute Gasteiger partial charge is 0.0628 e. The number of nitrogens with zero attached hydrogens (tertiary/aromatic N) is 2. The van der Waals surface area contributed by atoms with Crippen LogP contribution in [-0.4, -0.2) is 22.4 Å². The summed E-state index contributed by atoms with van der Waals surface area (Å²) >= 11 is 0. The molecule has 1 rings (SSSR count). The molecule has 0 aliphatic carbocycles. The Labute approximate surface area is 106 Å². The van der Waals surface area contributed by atoms with E-state index in [-0.39, 0.29) is 0 Å². The Balaban J connectivity index is 2.66. The molecule has 1 N–H and O–H groups in total. The highest BCUT2D eigenvalue weighted by Gasteiger charge is 2.14. The predicted octanol–water partition coefficient (Wildman–Crippen LogP) is 3.01. The van der Waals surface area contributed by atoms with Crippen molar-refractivity contribution in [3.8, 4) is 0 Å². The van der Waals surface area contributed by atoms with Crippen LogP contribution in [0.3, 0.4) is 0 Å². The van der Waals surface area contributed by atoms with Crippen molar-refractivity contribution in [1.29, 1.82) is 0 Å². The van der Waals surface area contributed by atoms with E-state index in [1.165, 1.54) is 17.0 Å². The molecule has 3 nitrogen and oxygen atoms in total. The largest absolute Gasteiger partial charge is 0.314 e. The molecule has 0 aromatic carbocycles. The van der Waals surface area contributed by atoms with E-state index in [0.29, 0.717) is 12.1 Å². The maximum Gasteiger partial charge on any atom is 0.0628 e. The second-order valence-electron chi connectivity index (χ2n) is 5.19. The van der Waals surface area contributed by atoms with E-state index in [1.807, 2.05) is 0 Å². The molecule has 1 heterocycles. The van der Waals surface area contributed by atoms with Gasteiger partial charge >= 0.3 is 0 Å². The first kappa shape index (κ1) is 14.2. The molecular formula is C14H27N3. The van der Waals surface area contributed by atoms with E-state index >= 15 is 0 Å². The van der Waals surface area contributed by atoms with Gasteiger partial charge in [-0.1, -0.05) is 20.8 Å². The van der Waals surface area contributed by atoms with Crippen LogP contribution in [0.4, 0.5) is 0 Å². The van der Waals surface area contributed by atoms with Crippen molar-refractivity contribution in [2.24, 2.45) is 0 Å². The van der Waals surface area contributed by atoms with Crippen molar-refractivity contribution < 1.29 is 0 Å². The molecule has 1 aromatic heterocycles. The Morgan fingerprint density at radius 2 is 1.88 bits per heavy atom. The number of aryl methyl sites for hydroxylation is 1. The Kier molecular flexibility index (Phi) is 5.19. The summed E-state index contributed by atoms with van der Waals surface area (Å²) in [4.78, 5) is 0. The van der Waals surface area contributed by atoms with Gasteiger partial charge in [-0.25, -0.2) is 0 Å². The Morgan fingerprint density at radius 1 is 1.24 bits per heavy atom. The van der Waals surface area contributed by atoms with Crippen LogP contribution >= 0.6 is 0 Å². The third-order valence-electron chi connectivity index (χ3n) is 3.36. The minimum atomic E-state index is 0.472. The second kappa shape index (κ2) is 6.20. The van der Waals surface area contributed by atoms with E-state index < -0.39 is 0 Å². The van der Waals surface area contributed by atoms with Crippen molar-refractivity contribution in [2.75, 3.05) is 6.54 Å². The van der Waals surface area contributed by atoms with Crippen molar-refractivity contribution in [3.63, 3.8) is 0 Å². The molecule has 0 amide bonds. The van der Waals surface area contributed by atoms with Gasteiger partial charge in [0.15, 0.2) is 0 Å². The normalized spacial score (nSPS) is 13.4. The van der Waals surface area contributed by atoms with E-state index in [9.17, 15) is 0 Å². The third-order valence-corrected chi connectivity index (χ3v) is 3.36. The highest BCUT2D eigenvalue weighted by molar-refractivity contribution is 5.24. The molecule has 0 saturated heterocycles. The fourth-order valence-electron chi connectivity index (χ4n) is 2.34. The lowest BCUT2D eigenvalue weighted by atomic mass is 10.1. The molecule has 0 saturated carbocycles. The van der Waals surface area contributed by atoms with E-state index in [0.717, 1.165) is 19.4 Å². The van der Waals surface area contributed by atoms with Crippen molar-refractivity contribution in [3.05, 3.63) is 17.0 Å². The lowest BCUT2D eigenvalue weighted by Gasteiger charge is -2.16. The van der Waals surface area contributed by atoms with E-state index in [4.69, 9.17) is 0 Å². The molecule has 17 heavy (non-hydrogen) atoms. The molecule has 0 bridgehead atoms. The minimum Gasteiger partial charge on any atom is -0.314 e. The molecular weight excluding hydrogens is 210 g/mol. The van der Waals surface area contributed by atoms with Crippen LogP contribution in [0, 0.1) is 13.8 Å². The van der Waals surface area contributed by atoms with Crippen LogP contribution in [0.2, 0.25) is 0 Å². The second-order valence-corrected chi connectivity index (χ2v) is 5.19. The van der Waals surface area contributed by atoms with Crippen LogP contribution in [0.15, 0.2) is 0 Å². The summed E-state index contributed by atoms with van der Waals surface area (Å²) < 4.78 is 2.19. The highest BCUT2D eigenvalue weighted by atomic mass is 15.3. The summed E-state index contributed by atoms with van der Waals surface area (Å²) in [6.45, 7) is 14.2. The first-order valence-corrected chi connectivity index (χ1v) is 6.75. The van der Waals surface area contributed by atoms with Gasteiger partial charge in [-0.05, 0) is 45.7 Å². The van der Waals surface area contributed by atoms with Gasteiger partial charge in [0, 0.05) is 11.7 Å². The Morgan fingerprint density at radius 3 is 2.35 bits per heavy atom. The summed E-state index contributed by atoms with van der Waals surface area (Å²) in [7, 11) is 0. The summed E-state index contributed by atoms with van der Waals surface area (Å²) in [5, 5.41) is 8.13. The molecule has 0 aliphatic rings. The third kappa shape index (κ3) is 3.56. The van der Waals surface area contributed by atoms with Crippen LogP contribution in [0.25, 0.3) is 0 Å². The number of nitrogens with one attached hydrogen (secondary N) is 1. The lowest BCUT2D eigenvalue weighted by Crippen LogP contribution is -2.26. The summed E-state index contributed by atoms with van der Waals surface area (Å²) in [6, 6.07) is 1.04. The number of aromatic nitrogens is 2. The van der Waals surface area contributed by atoms with Gasteiger partial charge in [0.2, 0.25) is 0 Å². The van der Waals surface area contributed by atoms with Gasteiger partial charge in [0.25, 0.3) is 0 Å². The summed E-state index contributed by atoms with van der Waals surface area (Å²) in [6.07, 6.45) is 2.21. The molecule has 0 spiro atoms. The average molecular weight is 237 g/mol. The molecule has 0 fully saturated rings. The predicted molar refractivity (Wildman–Crippen MR) is 73.5 cm³/mol. The quantitative estimate of drug-likeness (QED) is 0.824. The Bertz CT molecular complexity index is 353. The lowest BCUT2D eigenvalue weighted by molar-refractivity contribution is 0.424. The van der Waals surface area contributed by atoms with Crippen molar-refractivity contribution >= 4 is 0 Å². The van der Waals surface area contributed by atoms with Crippen LogP contribution in [0.5, 0.6) is 0 Å². The van der Waals surface area contributed by atoms with Crippen LogP contribution in [0.1, 0.15) is 57.1 Å². The maximum absolute atomic E-state index is 4.67. The molecule has 0 aliphatic heterocycles. The van der Waals surface area contributed by atoms with Gasteiger partial charge in [-0.2, -0.15) is 5.10 Å². The minimum absolute atomic E-state index is 0.472. The number of rotatable bonds is 6. The zero-order chi connectivity index (χ0) is 13.0. The summed E-state index contributed by atoms with van der Waals surface area (Å²) in [5.41, 5.74) is 3.93. The highest BCUT2D eigenvalue weighted by Crippen LogP contribution is 2.19. The van der Waals surface area contributed by atoms with Crippen molar-refractivity contribution in [2.45, 2.75) is 66.5 Å². The first-order chi connectivity index (χ1) is 7.97. The van der Waals surface area contributed by atoms with Gasteiger partial charge in [-0.15, -0.1) is 0 Å². The van der Waals surface area contributed by atoms with Gasteiger partial charge in [0.1, 0.15) is 0 Å². The number of hydrogen-bond donors (Lipinski definition) is 1. The van der Waals surface area contributed by atoms with Crippen LogP contribution in [-0.2, 0) is 6.42 Å². The number of hydrogen-bond acceptors (Lipinski definition) is 2. The topological polar surface area (TPSA) is 29.9 Å². The zero-order valence-corrected chi connectivity index (χ0v) is 12.2.